The molecule has 0 amide bonds. The number of hydrogen-bond donors (Lipinski definition) is 0. The first-order valence-electron chi connectivity index (χ1n) is 4.59. The lowest BCUT2D eigenvalue weighted by molar-refractivity contribution is 0.413. The van der Waals surface area contributed by atoms with Gasteiger partial charge in [0.1, 0.15) is 0 Å². The van der Waals surface area contributed by atoms with Gasteiger partial charge in [-0.15, -0.1) is 11.6 Å². The summed E-state index contributed by atoms with van der Waals surface area (Å²) in [6.07, 6.45) is 0. The summed E-state index contributed by atoms with van der Waals surface area (Å²) in [5.74, 6) is 0.280. The molecular formula is C10H14ClNO2S. The molecule has 0 spiro atoms. The molecule has 1 rings (SSSR count). The van der Waals surface area contributed by atoms with Crippen LogP contribution in [0.3, 0.4) is 0 Å². The second kappa shape index (κ2) is 4.96. The van der Waals surface area contributed by atoms with Crippen molar-refractivity contribution in [1.29, 1.82) is 0 Å². The van der Waals surface area contributed by atoms with Crippen LogP contribution in [0, 0.1) is 0 Å². The minimum atomic E-state index is -3.40. The van der Waals surface area contributed by atoms with E-state index in [0.717, 1.165) is 0 Å². The summed E-state index contributed by atoms with van der Waals surface area (Å²) in [4.78, 5) is 0.296. The molecule has 0 saturated carbocycles. The lowest BCUT2D eigenvalue weighted by Crippen LogP contribution is -2.36. The monoisotopic (exact) mass is 247 g/mol. The van der Waals surface area contributed by atoms with Gasteiger partial charge in [-0.2, -0.15) is 4.31 Å². The van der Waals surface area contributed by atoms with Crippen molar-refractivity contribution in [2.75, 3.05) is 12.9 Å². The summed E-state index contributed by atoms with van der Waals surface area (Å²) in [6.45, 7) is 1.77. The molecule has 1 atom stereocenters. The van der Waals surface area contributed by atoms with Crippen molar-refractivity contribution in [3.63, 3.8) is 0 Å². The highest BCUT2D eigenvalue weighted by Crippen LogP contribution is 2.16. The minimum Gasteiger partial charge on any atom is -0.207 e. The molecule has 0 aliphatic rings. The maximum absolute atomic E-state index is 12.0. The van der Waals surface area contributed by atoms with Crippen LogP contribution in [-0.4, -0.2) is 31.7 Å². The van der Waals surface area contributed by atoms with Crippen molar-refractivity contribution in [2.24, 2.45) is 0 Å². The van der Waals surface area contributed by atoms with Crippen LogP contribution in [-0.2, 0) is 10.0 Å². The predicted molar refractivity (Wildman–Crippen MR) is 61.6 cm³/mol. The van der Waals surface area contributed by atoms with E-state index in [-0.39, 0.29) is 11.9 Å². The number of nitrogens with zero attached hydrogens (tertiary/aromatic N) is 1. The smallest absolute Gasteiger partial charge is 0.207 e. The lowest BCUT2D eigenvalue weighted by atomic mass is 10.4. The van der Waals surface area contributed by atoms with Crippen LogP contribution >= 0.6 is 11.6 Å². The van der Waals surface area contributed by atoms with Crippen LogP contribution in [0.15, 0.2) is 35.2 Å². The van der Waals surface area contributed by atoms with Gasteiger partial charge in [-0.3, -0.25) is 0 Å². The van der Waals surface area contributed by atoms with E-state index in [1.165, 1.54) is 11.4 Å². The number of sulfonamides is 1. The number of hydrogen-bond acceptors (Lipinski definition) is 2. The van der Waals surface area contributed by atoms with Crippen LogP contribution in [0.25, 0.3) is 0 Å². The van der Waals surface area contributed by atoms with E-state index >= 15 is 0 Å². The van der Waals surface area contributed by atoms with Gasteiger partial charge >= 0.3 is 0 Å². The van der Waals surface area contributed by atoms with E-state index in [0.29, 0.717) is 4.90 Å². The Balaban J connectivity index is 3.04. The number of halogens is 1. The molecule has 0 aliphatic heterocycles. The average molecular weight is 248 g/mol. The summed E-state index contributed by atoms with van der Waals surface area (Å²) < 4.78 is 25.3. The van der Waals surface area contributed by atoms with Crippen LogP contribution in [0.4, 0.5) is 0 Å². The maximum Gasteiger partial charge on any atom is 0.243 e. The highest BCUT2D eigenvalue weighted by molar-refractivity contribution is 7.89. The van der Waals surface area contributed by atoms with Crippen LogP contribution in [0.2, 0.25) is 0 Å². The van der Waals surface area contributed by atoms with E-state index in [1.807, 2.05) is 0 Å². The quantitative estimate of drug-likeness (QED) is 0.763. The Morgan fingerprint density at radius 1 is 1.33 bits per heavy atom. The molecule has 3 nitrogen and oxygen atoms in total. The van der Waals surface area contributed by atoms with Gasteiger partial charge in [0, 0.05) is 19.0 Å². The average Bonchev–Trinajstić information content (AvgIpc) is 2.28. The molecule has 84 valence electrons. The zero-order chi connectivity index (χ0) is 11.5. The summed E-state index contributed by atoms with van der Waals surface area (Å²) in [6, 6.07) is 8.12. The zero-order valence-corrected chi connectivity index (χ0v) is 10.3. The molecule has 0 heterocycles. The number of rotatable bonds is 4. The Kier molecular flexibility index (Phi) is 4.13. The van der Waals surface area contributed by atoms with E-state index in [4.69, 9.17) is 11.6 Å². The first-order chi connectivity index (χ1) is 7.00. The van der Waals surface area contributed by atoms with Crippen LogP contribution in [0.1, 0.15) is 6.92 Å². The van der Waals surface area contributed by atoms with Crippen molar-refractivity contribution < 1.29 is 8.42 Å². The van der Waals surface area contributed by atoms with Gasteiger partial charge in [0.05, 0.1) is 4.90 Å². The molecule has 1 unspecified atom stereocenters. The molecule has 0 saturated heterocycles. The Morgan fingerprint density at radius 2 is 1.87 bits per heavy atom. The number of alkyl halides is 1. The highest BCUT2D eigenvalue weighted by atomic mass is 35.5. The third-order valence-electron chi connectivity index (χ3n) is 2.26. The maximum atomic E-state index is 12.0. The summed E-state index contributed by atoms with van der Waals surface area (Å²) >= 11 is 5.63. The molecule has 15 heavy (non-hydrogen) atoms. The van der Waals surface area contributed by atoms with Crippen molar-refractivity contribution in [1.82, 2.24) is 4.31 Å². The van der Waals surface area contributed by atoms with Crippen LogP contribution in [0.5, 0.6) is 0 Å². The second-order valence-electron chi connectivity index (χ2n) is 3.34. The van der Waals surface area contributed by atoms with Gasteiger partial charge in [-0.1, -0.05) is 18.2 Å². The fourth-order valence-electron chi connectivity index (χ4n) is 1.09. The first kappa shape index (κ1) is 12.5. The van der Waals surface area contributed by atoms with Gasteiger partial charge in [0.25, 0.3) is 0 Å². The largest absolute Gasteiger partial charge is 0.243 e. The van der Waals surface area contributed by atoms with Crippen molar-refractivity contribution in [3.05, 3.63) is 30.3 Å². The van der Waals surface area contributed by atoms with Crippen molar-refractivity contribution in [2.45, 2.75) is 17.9 Å². The van der Waals surface area contributed by atoms with E-state index < -0.39 is 10.0 Å². The molecule has 0 N–H and O–H groups in total. The Hall–Kier alpha value is -0.580. The van der Waals surface area contributed by atoms with Gasteiger partial charge < -0.3 is 0 Å². The summed E-state index contributed by atoms with van der Waals surface area (Å²) in [5, 5.41) is 0. The fraction of sp³-hybridized carbons (Fsp3) is 0.400. The molecule has 1 aromatic carbocycles. The minimum absolute atomic E-state index is 0.211. The third-order valence-corrected chi connectivity index (χ3v) is 4.70. The fourth-order valence-corrected chi connectivity index (χ4v) is 2.76. The van der Waals surface area contributed by atoms with E-state index in [9.17, 15) is 8.42 Å². The predicted octanol–water partition coefficient (Wildman–Crippen LogP) is 1.93. The lowest BCUT2D eigenvalue weighted by Gasteiger charge is -2.22. The van der Waals surface area contributed by atoms with Gasteiger partial charge in [-0.25, -0.2) is 8.42 Å². The molecule has 1 aromatic rings. The Morgan fingerprint density at radius 3 is 2.33 bits per heavy atom. The van der Waals surface area contributed by atoms with Gasteiger partial charge in [-0.05, 0) is 19.1 Å². The topological polar surface area (TPSA) is 37.4 Å². The van der Waals surface area contributed by atoms with E-state index in [2.05, 4.69) is 0 Å². The van der Waals surface area contributed by atoms with Crippen molar-refractivity contribution in [3.8, 4) is 0 Å². The standard InChI is InChI=1S/C10H14ClNO2S/c1-9(8-11)12(2)15(13,14)10-6-4-3-5-7-10/h3-7,9H,8H2,1-2H3. The van der Waals surface area contributed by atoms with Gasteiger partial charge in [0.2, 0.25) is 10.0 Å². The van der Waals surface area contributed by atoms with Gasteiger partial charge in [0.15, 0.2) is 0 Å². The zero-order valence-electron chi connectivity index (χ0n) is 8.72. The third kappa shape index (κ3) is 2.71. The highest BCUT2D eigenvalue weighted by Gasteiger charge is 2.24. The second-order valence-corrected chi connectivity index (χ2v) is 5.64. The first-order valence-corrected chi connectivity index (χ1v) is 6.56. The summed E-state index contributed by atoms with van der Waals surface area (Å²) in [5.41, 5.74) is 0. The molecule has 0 aliphatic carbocycles. The van der Waals surface area contributed by atoms with Crippen LogP contribution < -0.4 is 0 Å². The normalized spacial score (nSPS) is 14.1. The molecular weight excluding hydrogens is 234 g/mol. The van der Waals surface area contributed by atoms with Crippen molar-refractivity contribution >= 4 is 21.6 Å². The number of benzene rings is 1. The Bertz CT molecular complexity index is 405. The Labute approximate surface area is 95.7 Å². The van der Waals surface area contributed by atoms with E-state index in [1.54, 1.807) is 37.3 Å². The molecule has 5 heteroatoms. The molecule has 0 fully saturated rings. The SMILES string of the molecule is CC(CCl)N(C)S(=O)(=O)c1ccccc1. The molecule has 0 radical (unpaired) electrons. The molecule has 0 bridgehead atoms. The summed E-state index contributed by atoms with van der Waals surface area (Å²) in [7, 11) is -1.86. The molecule has 0 aromatic heterocycles.